The molecule has 0 saturated heterocycles. The average Bonchev–Trinajstić information content (AvgIpc) is 2.68. The van der Waals surface area contributed by atoms with E-state index in [9.17, 15) is 25.0 Å². The first kappa shape index (κ1) is 28.5. The fourth-order valence-electron chi connectivity index (χ4n) is 2.62. The molecule has 1 heterocycles. The molecular formula is C20H24Cl2N4O8. The lowest BCUT2D eigenvalue weighted by Crippen LogP contribution is -2.41. The third-order valence-electron chi connectivity index (χ3n) is 3.95. The number of fused-ring (bicyclic) bond motifs is 1. The Hall–Kier alpha value is -3.51. The van der Waals surface area contributed by atoms with Gasteiger partial charge in [0, 0.05) is 11.8 Å². The van der Waals surface area contributed by atoms with Crippen molar-refractivity contribution in [3.63, 3.8) is 0 Å². The van der Waals surface area contributed by atoms with Crippen LogP contribution < -0.4 is 15.4 Å². The van der Waals surface area contributed by atoms with Gasteiger partial charge >= 0.3 is 11.8 Å². The number of carbonyl (C=O) groups excluding carboxylic acids is 1. The number of nitrogens with two attached hydrogens (primary N) is 1. The van der Waals surface area contributed by atoms with Crippen LogP contribution in [0.25, 0.3) is 0 Å². The van der Waals surface area contributed by atoms with E-state index in [0.717, 1.165) is 6.07 Å². The minimum atomic E-state index is -0.950. The zero-order valence-corrected chi connectivity index (χ0v) is 19.2. The maximum absolute atomic E-state index is 12.2. The zero-order chi connectivity index (χ0) is 25.1. The summed E-state index contributed by atoms with van der Waals surface area (Å²) in [6.07, 6.45) is -0.432. The van der Waals surface area contributed by atoms with Gasteiger partial charge in [-0.3, -0.25) is 25.1 Å². The van der Waals surface area contributed by atoms with Gasteiger partial charge < -0.3 is 20.3 Å². The highest BCUT2D eigenvalue weighted by molar-refractivity contribution is 6.33. The number of aromatic hydroxyl groups is 1. The van der Waals surface area contributed by atoms with Gasteiger partial charge in [-0.05, 0) is 32.9 Å². The predicted molar refractivity (Wildman–Crippen MR) is 128 cm³/mol. The second-order valence-electron chi connectivity index (χ2n) is 7.64. The Bertz CT molecular complexity index is 1100. The maximum Gasteiger partial charge on any atom is 0.415 e. The van der Waals surface area contributed by atoms with E-state index in [1.165, 1.54) is 4.90 Å². The summed E-state index contributed by atoms with van der Waals surface area (Å²) in [5.41, 5.74) is 4.89. The van der Waals surface area contributed by atoms with E-state index in [0.29, 0.717) is 41.4 Å². The molecule has 0 saturated carbocycles. The van der Waals surface area contributed by atoms with Gasteiger partial charge in [0.15, 0.2) is 5.75 Å². The van der Waals surface area contributed by atoms with Crippen LogP contribution in [0.2, 0.25) is 10.0 Å². The molecule has 14 heteroatoms. The van der Waals surface area contributed by atoms with Crippen molar-refractivity contribution in [2.24, 2.45) is 0 Å². The first-order chi connectivity index (χ1) is 15.2. The number of rotatable bonds is 2. The average molecular weight is 519 g/mol. The summed E-state index contributed by atoms with van der Waals surface area (Å²) >= 11 is 11.4. The number of hydrogen-bond acceptors (Lipinski definition) is 9. The number of nitro groups is 2. The molecule has 3 rings (SSSR count). The second kappa shape index (κ2) is 11.1. The highest BCUT2D eigenvalue weighted by Crippen LogP contribution is 2.40. The zero-order valence-electron chi connectivity index (χ0n) is 17.7. The van der Waals surface area contributed by atoms with Crippen LogP contribution in [0.1, 0.15) is 28.2 Å². The van der Waals surface area contributed by atoms with Crippen LogP contribution in [0, 0.1) is 20.2 Å². The highest BCUT2D eigenvalue weighted by Gasteiger charge is 2.29. The lowest BCUT2D eigenvalue weighted by Gasteiger charge is -2.32. The number of anilines is 2. The number of phenols is 1. The molecule has 2 aromatic rings. The Labute approximate surface area is 205 Å². The largest absolute Gasteiger partial charge is 0.501 e. The van der Waals surface area contributed by atoms with E-state index in [-0.39, 0.29) is 7.43 Å². The summed E-state index contributed by atoms with van der Waals surface area (Å²) in [7, 11) is 0. The summed E-state index contributed by atoms with van der Waals surface area (Å²) in [5.74, 6) is -0.310. The summed E-state index contributed by atoms with van der Waals surface area (Å²) in [4.78, 5) is 32.5. The topological polar surface area (TPSA) is 171 Å². The summed E-state index contributed by atoms with van der Waals surface area (Å²) < 4.78 is 10.8. The summed E-state index contributed by atoms with van der Waals surface area (Å²) in [6, 6.07) is 4.73. The van der Waals surface area contributed by atoms with Gasteiger partial charge in [0.1, 0.15) is 12.2 Å². The van der Waals surface area contributed by atoms with E-state index < -0.39 is 43.7 Å². The van der Waals surface area contributed by atoms with Gasteiger partial charge in [-0.25, -0.2) is 4.79 Å². The van der Waals surface area contributed by atoms with E-state index in [2.05, 4.69) is 0 Å². The number of nitro benzene ring substituents is 2. The van der Waals surface area contributed by atoms with Crippen molar-refractivity contribution in [2.75, 3.05) is 23.8 Å². The van der Waals surface area contributed by atoms with E-state index in [1.54, 1.807) is 12.1 Å². The molecule has 3 N–H and O–H groups in total. The maximum atomic E-state index is 12.2. The number of halogens is 2. The molecule has 12 nitrogen and oxygen atoms in total. The third-order valence-corrected chi connectivity index (χ3v) is 4.52. The lowest BCUT2D eigenvalue weighted by molar-refractivity contribution is -0.394. The molecule has 0 fully saturated rings. The molecule has 2 aromatic carbocycles. The van der Waals surface area contributed by atoms with Gasteiger partial charge in [-0.2, -0.15) is 0 Å². The smallest absolute Gasteiger partial charge is 0.415 e. The van der Waals surface area contributed by atoms with Gasteiger partial charge in [-0.15, -0.1) is 0 Å². The van der Waals surface area contributed by atoms with Crippen LogP contribution in [0.3, 0.4) is 0 Å². The number of nitrogens with zero attached hydrogens (tertiary/aromatic N) is 3. The van der Waals surface area contributed by atoms with Crippen molar-refractivity contribution in [3.8, 4) is 11.5 Å². The van der Waals surface area contributed by atoms with Crippen LogP contribution in [0.5, 0.6) is 11.5 Å². The Morgan fingerprint density at radius 1 is 1.15 bits per heavy atom. The molecule has 0 bridgehead atoms. The van der Waals surface area contributed by atoms with E-state index >= 15 is 0 Å². The first-order valence-corrected chi connectivity index (χ1v) is 10.0. The van der Waals surface area contributed by atoms with Gasteiger partial charge in [0.2, 0.25) is 5.75 Å². The normalized spacial score (nSPS) is 12.2. The lowest BCUT2D eigenvalue weighted by atomic mass is 10.2. The number of non-ortho nitro benzene ring substituents is 1. The Kier molecular flexibility index (Phi) is 9.29. The van der Waals surface area contributed by atoms with Crippen LogP contribution in [0.15, 0.2) is 24.3 Å². The van der Waals surface area contributed by atoms with Crippen molar-refractivity contribution in [2.45, 2.75) is 33.8 Å². The van der Waals surface area contributed by atoms with Gasteiger partial charge in [0.25, 0.3) is 5.69 Å². The number of carbonyl (C=O) groups is 1. The molecular weight excluding hydrogens is 495 g/mol. The van der Waals surface area contributed by atoms with E-state index in [4.69, 9.17) is 43.5 Å². The van der Waals surface area contributed by atoms with Crippen LogP contribution in [-0.4, -0.2) is 39.8 Å². The number of phenolic OH excluding ortho intramolecular Hbond substituents is 1. The SMILES string of the molecule is C.CC(C)(C)OC(=O)N1CCOc2c(Cl)cc(N)cc21.O=[N+]([O-])c1cc(Cl)c(O)c([N+](=O)[O-])c1. The van der Waals surface area contributed by atoms with Crippen molar-refractivity contribution >= 4 is 52.0 Å². The fourth-order valence-corrected chi connectivity index (χ4v) is 3.11. The standard InChI is InChI=1S/C13H17ClN2O3.C6H3ClN2O5.CH4/c1-13(2,3)19-12(17)16-4-5-18-11-9(14)6-8(15)7-10(11)16;7-4-1-3(8(11)12)2-5(6(4)10)9(13)14;/h6-7H,4-5,15H2,1-3H3;1-2,10H;1H4. The molecule has 0 aliphatic carbocycles. The molecule has 0 atom stereocenters. The molecule has 0 spiro atoms. The summed E-state index contributed by atoms with van der Waals surface area (Å²) in [5, 5.41) is 29.6. The molecule has 0 unspecified atom stereocenters. The second-order valence-corrected chi connectivity index (χ2v) is 8.46. The number of amides is 1. The van der Waals surface area contributed by atoms with Gasteiger partial charge in [0.05, 0.1) is 38.2 Å². The monoisotopic (exact) mass is 518 g/mol. The molecule has 0 radical (unpaired) electrons. The molecule has 1 aliphatic rings. The number of nitrogen functional groups attached to an aromatic ring is 1. The molecule has 0 aromatic heterocycles. The molecule has 186 valence electrons. The van der Waals surface area contributed by atoms with Crippen LogP contribution in [-0.2, 0) is 4.74 Å². The van der Waals surface area contributed by atoms with E-state index in [1.807, 2.05) is 20.8 Å². The van der Waals surface area contributed by atoms with Crippen molar-refractivity contribution < 1.29 is 29.2 Å². The predicted octanol–water partition coefficient (Wildman–Crippen LogP) is 5.55. The number of benzene rings is 2. The van der Waals surface area contributed by atoms with Crippen molar-refractivity contribution in [3.05, 3.63) is 54.5 Å². The molecule has 34 heavy (non-hydrogen) atoms. The summed E-state index contributed by atoms with van der Waals surface area (Å²) in [6.45, 7) is 6.23. The van der Waals surface area contributed by atoms with Gasteiger partial charge in [-0.1, -0.05) is 30.6 Å². The van der Waals surface area contributed by atoms with Crippen LogP contribution >= 0.6 is 23.2 Å². The molecule has 1 aliphatic heterocycles. The Morgan fingerprint density at radius 3 is 2.29 bits per heavy atom. The quantitative estimate of drug-likeness (QED) is 0.293. The van der Waals surface area contributed by atoms with Crippen LogP contribution in [0.4, 0.5) is 27.5 Å². The van der Waals surface area contributed by atoms with Crippen molar-refractivity contribution in [1.29, 1.82) is 0 Å². The minimum absolute atomic E-state index is 0. The fraction of sp³-hybridized carbons (Fsp3) is 0.350. The molecule has 1 amide bonds. The first-order valence-electron chi connectivity index (χ1n) is 9.25. The number of hydrogen-bond donors (Lipinski definition) is 2. The Morgan fingerprint density at radius 2 is 1.76 bits per heavy atom. The minimum Gasteiger partial charge on any atom is -0.501 e. The van der Waals surface area contributed by atoms with Crippen molar-refractivity contribution in [1.82, 2.24) is 0 Å². The third kappa shape index (κ3) is 6.99. The highest BCUT2D eigenvalue weighted by atomic mass is 35.5. The Balaban J connectivity index is 0.000000346. The number of ether oxygens (including phenoxy) is 2.